The summed E-state index contributed by atoms with van der Waals surface area (Å²) in [6.45, 7) is 0. The van der Waals surface area contributed by atoms with E-state index in [1.54, 1.807) is 0 Å². The Morgan fingerprint density at radius 3 is 1.37 bits per heavy atom. The smallest absolute Gasteiger partial charge is 0.0449 e. The molecule has 12 rings (SSSR count). The fourth-order valence-electron chi connectivity index (χ4n) is 9.17. The molecule has 0 bridgehead atoms. The lowest BCUT2D eigenvalue weighted by Crippen LogP contribution is -1.93. The van der Waals surface area contributed by atoms with Gasteiger partial charge >= 0.3 is 0 Å². The van der Waals surface area contributed by atoms with Crippen LogP contribution < -0.4 is 0 Å². The number of hydrogen-bond donors (Lipinski definition) is 0. The van der Waals surface area contributed by atoms with Crippen LogP contribution in [0.25, 0.3) is 117 Å². The molecule has 0 amide bonds. The molecule has 0 aliphatic heterocycles. The molecule has 250 valence electrons. The number of benzene rings is 10. The van der Waals surface area contributed by atoms with Crippen molar-refractivity contribution in [1.29, 1.82) is 0 Å². The van der Waals surface area contributed by atoms with Crippen LogP contribution in [0.1, 0.15) is 0 Å². The Kier molecular flexibility index (Phi) is 6.48. The predicted molar refractivity (Wildman–Crippen MR) is 239 cm³/mol. The monoisotopic (exact) mass is 718 g/mol. The van der Waals surface area contributed by atoms with Crippen molar-refractivity contribution in [3.05, 3.63) is 182 Å². The molecule has 0 saturated carbocycles. The Morgan fingerprint density at radius 2 is 0.704 bits per heavy atom. The quantitative estimate of drug-likeness (QED) is 0.160. The molecule has 0 aliphatic rings. The van der Waals surface area contributed by atoms with E-state index in [4.69, 9.17) is 0 Å². The van der Waals surface area contributed by atoms with Crippen LogP contribution in [0.5, 0.6) is 0 Å². The van der Waals surface area contributed by atoms with Crippen LogP contribution in [-0.4, -0.2) is 0 Å². The molecule has 54 heavy (non-hydrogen) atoms. The van der Waals surface area contributed by atoms with Gasteiger partial charge in [0.05, 0.1) is 0 Å². The third-order valence-electron chi connectivity index (χ3n) is 11.5. The van der Waals surface area contributed by atoms with Gasteiger partial charge in [0.2, 0.25) is 0 Å². The molecule has 0 unspecified atom stereocenters. The summed E-state index contributed by atoms with van der Waals surface area (Å²) in [7, 11) is 0. The Morgan fingerprint density at radius 1 is 0.259 bits per heavy atom. The third kappa shape index (κ3) is 4.24. The summed E-state index contributed by atoms with van der Waals surface area (Å²) < 4.78 is 5.43. The van der Waals surface area contributed by atoms with E-state index in [2.05, 4.69) is 182 Å². The van der Waals surface area contributed by atoms with Gasteiger partial charge in [-0.2, -0.15) is 0 Å². The zero-order chi connectivity index (χ0) is 35.3. The lowest BCUT2D eigenvalue weighted by molar-refractivity contribution is 1.68. The van der Waals surface area contributed by atoms with Gasteiger partial charge in [-0.15, -0.1) is 22.7 Å². The van der Waals surface area contributed by atoms with Crippen molar-refractivity contribution >= 4 is 106 Å². The second-order valence-corrected chi connectivity index (χ2v) is 16.4. The van der Waals surface area contributed by atoms with Gasteiger partial charge in [0.15, 0.2) is 0 Å². The average Bonchev–Trinajstić information content (AvgIpc) is 3.81. The minimum Gasteiger partial charge on any atom is -0.134 e. The summed E-state index contributed by atoms with van der Waals surface area (Å²) >= 11 is 3.85. The number of thiophene rings is 2. The van der Waals surface area contributed by atoms with Crippen molar-refractivity contribution < 1.29 is 0 Å². The lowest BCUT2D eigenvalue weighted by Gasteiger charge is -2.20. The summed E-state index contributed by atoms with van der Waals surface area (Å²) in [5, 5.41) is 15.6. The summed E-state index contributed by atoms with van der Waals surface area (Å²) in [5.74, 6) is 0. The van der Waals surface area contributed by atoms with Crippen LogP contribution >= 0.6 is 22.7 Å². The maximum Gasteiger partial charge on any atom is 0.0449 e. The van der Waals surface area contributed by atoms with Gasteiger partial charge in [-0.25, -0.2) is 0 Å². The minimum atomic E-state index is 1.26. The highest BCUT2D eigenvalue weighted by molar-refractivity contribution is 7.30. The van der Waals surface area contributed by atoms with E-state index in [-0.39, 0.29) is 0 Å². The summed E-state index contributed by atoms with van der Waals surface area (Å²) in [6.07, 6.45) is 0. The molecule has 2 heteroatoms. The van der Waals surface area contributed by atoms with E-state index >= 15 is 0 Å². The second-order valence-electron chi connectivity index (χ2n) is 14.3. The second kappa shape index (κ2) is 11.6. The summed E-state index contributed by atoms with van der Waals surface area (Å²) in [6, 6.07) is 67.7. The molecule has 10 aromatic carbocycles. The fourth-order valence-corrected chi connectivity index (χ4v) is 11.7. The molecule has 12 aromatic rings. The third-order valence-corrected chi connectivity index (χ3v) is 13.9. The largest absolute Gasteiger partial charge is 0.134 e. The van der Waals surface area contributed by atoms with Crippen LogP contribution in [0, 0.1) is 0 Å². The van der Waals surface area contributed by atoms with Gasteiger partial charge in [-0.1, -0.05) is 164 Å². The standard InChI is InChI=1S/C52H30S2/c1-2-16-32-31(14-1)15-13-25-37(32)48-38-20-5-7-22-40(38)49(41-23-8-6-21-39(41)48)42-29-28-35(33-17-3-4-18-34(33)42)44-30-45-36-19-9-11-26-46(36)53-52(45)50-43-24-10-12-27-47(43)54-51(44)50/h1-30H. The molecule has 0 radical (unpaired) electrons. The highest BCUT2D eigenvalue weighted by atomic mass is 32.1. The van der Waals surface area contributed by atoms with E-state index in [0.717, 1.165) is 0 Å². The molecule has 0 saturated heterocycles. The minimum absolute atomic E-state index is 1.26. The molecule has 0 spiro atoms. The normalized spacial score (nSPS) is 12.1. The maximum atomic E-state index is 2.48. The van der Waals surface area contributed by atoms with Crippen molar-refractivity contribution in [2.45, 2.75) is 0 Å². The van der Waals surface area contributed by atoms with Crippen molar-refractivity contribution in [2.75, 3.05) is 0 Å². The van der Waals surface area contributed by atoms with Gasteiger partial charge in [0, 0.05) is 45.9 Å². The van der Waals surface area contributed by atoms with Crippen molar-refractivity contribution in [1.82, 2.24) is 0 Å². The molecular weight excluding hydrogens is 689 g/mol. The van der Waals surface area contributed by atoms with Crippen LogP contribution in [0.3, 0.4) is 0 Å². The van der Waals surface area contributed by atoms with Crippen LogP contribution in [0.4, 0.5) is 0 Å². The molecule has 0 atom stereocenters. The van der Waals surface area contributed by atoms with Crippen LogP contribution in [0.2, 0.25) is 0 Å². The first-order valence-electron chi connectivity index (χ1n) is 18.5. The zero-order valence-corrected chi connectivity index (χ0v) is 30.8. The first kappa shape index (κ1) is 30.2. The molecular formula is C52H30S2. The van der Waals surface area contributed by atoms with Crippen molar-refractivity contribution in [2.24, 2.45) is 0 Å². The Bertz CT molecular complexity index is 3440. The summed E-state index contributed by atoms with van der Waals surface area (Å²) in [4.78, 5) is 0. The first-order chi connectivity index (χ1) is 26.8. The van der Waals surface area contributed by atoms with Gasteiger partial charge in [0.1, 0.15) is 0 Å². The topological polar surface area (TPSA) is 0 Å². The highest BCUT2D eigenvalue weighted by Gasteiger charge is 2.22. The van der Waals surface area contributed by atoms with Crippen LogP contribution in [-0.2, 0) is 0 Å². The van der Waals surface area contributed by atoms with E-state index in [1.165, 1.54) is 117 Å². The van der Waals surface area contributed by atoms with Gasteiger partial charge in [-0.3, -0.25) is 0 Å². The Labute approximate surface area is 319 Å². The molecule has 0 nitrogen and oxygen atoms in total. The van der Waals surface area contributed by atoms with Crippen LogP contribution in [0.15, 0.2) is 182 Å². The first-order valence-corrected chi connectivity index (χ1v) is 20.1. The summed E-state index contributed by atoms with van der Waals surface area (Å²) in [5.41, 5.74) is 7.72. The molecule has 0 aliphatic carbocycles. The SMILES string of the molecule is c1ccc2c(-c3c4ccccc4c(-c4ccc(-c5cc6c7ccccc7sc6c6c5sc5ccccc56)c5ccccc45)c4ccccc34)cccc2c1. The Hall–Kier alpha value is -6.32. The van der Waals surface area contributed by atoms with Crippen molar-refractivity contribution in [3.63, 3.8) is 0 Å². The fraction of sp³-hybridized carbons (Fsp3) is 0. The molecule has 2 heterocycles. The number of rotatable bonds is 3. The molecule has 0 fully saturated rings. The highest BCUT2D eigenvalue weighted by Crippen LogP contribution is 2.51. The maximum absolute atomic E-state index is 2.48. The number of fused-ring (bicyclic) bond motifs is 11. The van der Waals surface area contributed by atoms with E-state index < -0.39 is 0 Å². The average molecular weight is 719 g/mol. The lowest BCUT2D eigenvalue weighted by atomic mass is 9.83. The molecule has 0 N–H and O–H groups in total. The Balaban J connectivity index is 1.18. The number of hydrogen-bond acceptors (Lipinski definition) is 2. The van der Waals surface area contributed by atoms with E-state index in [0.29, 0.717) is 0 Å². The van der Waals surface area contributed by atoms with E-state index in [1.807, 2.05) is 22.7 Å². The van der Waals surface area contributed by atoms with Gasteiger partial charge < -0.3 is 0 Å². The van der Waals surface area contributed by atoms with E-state index in [9.17, 15) is 0 Å². The van der Waals surface area contributed by atoms with Gasteiger partial charge in [0.25, 0.3) is 0 Å². The van der Waals surface area contributed by atoms with Crippen molar-refractivity contribution in [3.8, 4) is 33.4 Å². The van der Waals surface area contributed by atoms with Gasteiger partial charge in [-0.05, 0) is 89.1 Å². The zero-order valence-electron chi connectivity index (χ0n) is 29.1. The predicted octanol–water partition coefficient (Wildman–Crippen LogP) is 16.0. The molecule has 2 aromatic heterocycles.